The zero-order valence-electron chi connectivity index (χ0n) is 9.20. The molecule has 0 aliphatic heterocycles. The molecular weight excluding hydrogens is 270 g/mol. The summed E-state index contributed by atoms with van der Waals surface area (Å²) in [5.74, 6) is 0. The van der Waals surface area contributed by atoms with Crippen LogP contribution in [0.15, 0.2) is 40.1 Å². The normalized spacial score (nSPS) is 11.1. The van der Waals surface area contributed by atoms with Crippen LogP contribution in [0.25, 0.3) is 0 Å². The minimum atomic E-state index is -3.56. The third kappa shape index (κ3) is 2.92. The summed E-state index contributed by atoms with van der Waals surface area (Å²) in [6, 6.07) is 7.68. The molecule has 0 saturated carbocycles. The smallest absolute Gasteiger partial charge is 0.240 e. The van der Waals surface area contributed by atoms with E-state index in [1.165, 1.54) is 35.6 Å². The highest BCUT2D eigenvalue weighted by molar-refractivity contribution is 7.89. The number of thiazole rings is 1. The van der Waals surface area contributed by atoms with Crippen LogP contribution < -0.4 is 4.72 Å². The van der Waals surface area contributed by atoms with E-state index in [2.05, 4.69) is 9.71 Å². The van der Waals surface area contributed by atoms with Crippen LogP contribution in [0, 0.1) is 11.3 Å². The third-order valence-corrected chi connectivity index (χ3v) is 4.27. The van der Waals surface area contributed by atoms with Crippen molar-refractivity contribution in [1.82, 2.24) is 9.71 Å². The monoisotopic (exact) mass is 279 g/mol. The summed E-state index contributed by atoms with van der Waals surface area (Å²) in [6.45, 7) is 0.159. The van der Waals surface area contributed by atoms with E-state index in [1.54, 1.807) is 10.9 Å². The highest BCUT2D eigenvalue weighted by atomic mass is 32.2. The number of nitrogens with zero attached hydrogens (tertiary/aromatic N) is 2. The fourth-order valence-electron chi connectivity index (χ4n) is 1.29. The van der Waals surface area contributed by atoms with Crippen LogP contribution in [0.4, 0.5) is 0 Å². The van der Waals surface area contributed by atoms with Crippen molar-refractivity contribution in [2.45, 2.75) is 11.4 Å². The van der Waals surface area contributed by atoms with Gasteiger partial charge in [0.05, 0.1) is 34.3 Å². The van der Waals surface area contributed by atoms with E-state index in [9.17, 15) is 8.42 Å². The quantitative estimate of drug-likeness (QED) is 0.919. The van der Waals surface area contributed by atoms with Gasteiger partial charge in [-0.3, -0.25) is 0 Å². The topological polar surface area (TPSA) is 82.8 Å². The number of sulfonamides is 1. The Morgan fingerprint density at radius 2 is 2.06 bits per heavy atom. The van der Waals surface area contributed by atoms with Crippen LogP contribution in [0.1, 0.15) is 11.3 Å². The van der Waals surface area contributed by atoms with E-state index in [4.69, 9.17) is 5.26 Å². The van der Waals surface area contributed by atoms with Gasteiger partial charge in [0.2, 0.25) is 10.0 Å². The molecule has 0 atom stereocenters. The Bertz CT molecular complexity index is 655. The Morgan fingerprint density at radius 1 is 1.33 bits per heavy atom. The Labute approximate surface area is 109 Å². The van der Waals surface area contributed by atoms with Gasteiger partial charge in [-0.15, -0.1) is 11.3 Å². The molecule has 18 heavy (non-hydrogen) atoms. The summed E-state index contributed by atoms with van der Waals surface area (Å²) in [5, 5.41) is 10.4. The molecule has 0 fully saturated rings. The summed E-state index contributed by atoms with van der Waals surface area (Å²) in [5.41, 5.74) is 2.75. The molecule has 2 aromatic rings. The highest BCUT2D eigenvalue weighted by Crippen LogP contribution is 2.11. The lowest BCUT2D eigenvalue weighted by molar-refractivity contribution is 0.580. The van der Waals surface area contributed by atoms with Crippen molar-refractivity contribution in [2.24, 2.45) is 0 Å². The molecule has 0 spiro atoms. The average Bonchev–Trinajstić information content (AvgIpc) is 2.90. The molecule has 1 heterocycles. The third-order valence-electron chi connectivity index (χ3n) is 2.22. The lowest BCUT2D eigenvalue weighted by Crippen LogP contribution is -2.23. The molecule has 0 amide bonds. The van der Waals surface area contributed by atoms with Gasteiger partial charge >= 0.3 is 0 Å². The first-order chi connectivity index (χ1) is 8.62. The maximum Gasteiger partial charge on any atom is 0.240 e. The van der Waals surface area contributed by atoms with Gasteiger partial charge in [0, 0.05) is 5.38 Å². The Balaban J connectivity index is 2.13. The van der Waals surface area contributed by atoms with Crippen molar-refractivity contribution in [2.75, 3.05) is 0 Å². The summed E-state index contributed by atoms with van der Waals surface area (Å²) in [6.07, 6.45) is 0. The largest absolute Gasteiger partial charge is 0.248 e. The van der Waals surface area contributed by atoms with Gasteiger partial charge in [0.25, 0.3) is 0 Å². The number of rotatable bonds is 4. The van der Waals surface area contributed by atoms with Gasteiger partial charge in [0.1, 0.15) is 0 Å². The van der Waals surface area contributed by atoms with Crippen molar-refractivity contribution < 1.29 is 8.42 Å². The van der Waals surface area contributed by atoms with E-state index >= 15 is 0 Å². The second-order valence-electron chi connectivity index (χ2n) is 3.44. The SMILES string of the molecule is N#Cc1ccc(S(=O)(=O)NCc2cscn2)cc1. The number of benzene rings is 1. The lowest BCUT2D eigenvalue weighted by Gasteiger charge is -2.05. The lowest BCUT2D eigenvalue weighted by atomic mass is 10.2. The minimum Gasteiger partial charge on any atom is -0.248 e. The van der Waals surface area contributed by atoms with Crippen LogP contribution >= 0.6 is 11.3 Å². The van der Waals surface area contributed by atoms with Gasteiger partial charge in [0.15, 0.2) is 0 Å². The van der Waals surface area contributed by atoms with Gasteiger partial charge in [-0.1, -0.05) is 0 Å². The van der Waals surface area contributed by atoms with Gasteiger partial charge in [-0.25, -0.2) is 18.1 Å². The van der Waals surface area contributed by atoms with Crippen molar-refractivity contribution in [1.29, 1.82) is 5.26 Å². The van der Waals surface area contributed by atoms with E-state index < -0.39 is 10.0 Å². The Kier molecular flexibility index (Phi) is 3.72. The molecule has 0 bridgehead atoms. The van der Waals surface area contributed by atoms with Crippen LogP contribution in [-0.2, 0) is 16.6 Å². The summed E-state index contributed by atoms with van der Waals surface area (Å²) in [4.78, 5) is 4.12. The summed E-state index contributed by atoms with van der Waals surface area (Å²) >= 11 is 1.41. The second-order valence-corrected chi connectivity index (χ2v) is 5.93. The molecule has 0 unspecified atom stereocenters. The fraction of sp³-hybridized carbons (Fsp3) is 0.0909. The second kappa shape index (κ2) is 5.27. The molecule has 92 valence electrons. The minimum absolute atomic E-state index is 0.136. The molecule has 1 aromatic heterocycles. The average molecular weight is 279 g/mol. The predicted octanol–water partition coefficient (Wildman–Crippen LogP) is 1.49. The standard InChI is InChI=1S/C11H9N3O2S2/c12-5-9-1-3-11(4-2-9)18(15,16)14-6-10-7-17-8-13-10/h1-4,7-8,14H,6H2. The number of nitrogens with one attached hydrogen (secondary N) is 1. The fourth-order valence-corrected chi connectivity index (χ4v) is 2.84. The molecule has 0 saturated heterocycles. The zero-order valence-corrected chi connectivity index (χ0v) is 10.8. The van der Waals surface area contributed by atoms with Crippen LogP contribution in [0.2, 0.25) is 0 Å². The maximum absolute atomic E-state index is 11.9. The molecular formula is C11H9N3O2S2. The molecule has 2 rings (SSSR count). The van der Waals surface area contributed by atoms with Crippen molar-refractivity contribution in [3.8, 4) is 6.07 Å². The molecule has 0 aliphatic carbocycles. The number of nitriles is 1. The molecule has 0 aliphatic rings. The predicted molar refractivity (Wildman–Crippen MR) is 67.3 cm³/mol. The van der Waals surface area contributed by atoms with Crippen molar-refractivity contribution in [3.05, 3.63) is 46.4 Å². The van der Waals surface area contributed by atoms with E-state index in [-0.39, 0.29) is 11.4 Å². The maximum atomic E-state index is 11.9. The van der Waals surface area contributed by atoms with Gasteiger partial charge in [-0.2, -0.15) is 5.26 Å². The molecule has 7 heteroatoms. The Hall–Kier alpha value is -1.75. The summed E-state index contributed by atoms with van der Waals surface area (Å²) in [7, 11) is -3.56. The van der Waals surface area contributed by atoms with Gasteiger partial charge < -0.3 is 0 Å². The molecule has 5 nitrogen and oxygen atoms in total. The van der Waals surface area contributed by atoms with Crippen LogP contribution in [0.5, 0.6) is 0 Å². The summed E-state index contributed by atoms with van der Waals surface area (Å²) < 4.78 is 26.3. The number of hydrogen-bond acceptors (Lipinski definition) is 5. The number of aromatic nitrogens is 1. The Morgan fingerprint density at radius 3 is 2.61 bits per heavy atom. The molecule has 1 N–H and O–H groups in total. The molecule has 0 radical (unpaired) electrons. The van der Waals surface area contributed by atoms with Crippen LogP contribution in [-0.4, -0.2) is 13.4 Å². The van der Waals surface area contributed by atoms with Crippen LogP contribution in [0.3, 0.4) is 0 Å². The highest BCUT2D eigenvalue weighted by Gasteiger charge is 2.13. The first kappa shape index (κ1) is 12.7. The zero-order chi connectivity index (χ0) is 13.0. The van der Waals surface area contributed by atoms with E-state index in [1.807, 2.05) is 6.07 Å². The van der Waals surface area contributed by atoms with E-state index in [0.717, 1.165) is 0 Å². The first-order valence-electron chi connectivity index (χ1n) is 4.99. The van der Waals surface area contributed by atoms with E-state index in [0.29, 0.717) is 11.3 Å². The molecule has 1 aromatic carbocycles. The van der Waals surface area contributed by atoms with Crippen molar-refractivity contribution in [3.63, 3.8) is 0 Å². The number of hydrogen-bond donors (Lipinski definition) is 1. The van der Waals surface area contributed by atoms with Gasteiger partial charge in [-0.05, 0) is 24.3 Å². The first-order valence-corrected chi connectivity index (χ1v) is 7.41. The van der Waals surface area contributed by atoms with Crippen molar-refractivity contribution >= 4 is 21.4 Å².